The second-order valence-corrected chi connectivity index (χ2v) is 6.66. The smallest absolute Gasteiger partial charge is 0.249 e. The average molecular weight is 369 g/mol. The van der Waals surface area contributed by atoms with E-state index in [4.69, 9.17) is 0 Å². The number of benzene rings is 1. The molecule has 1 aromatic carbocycles. The molecule has 144 valence electrons. The van der Waals surface area contributed by atoms with Crippen LogP contribution in [0.4, 0.5) is 8.78 Å². The first kappa shape index (κ1) is 22.4. The van der Waals surface area contributed by atoms with E-state index < -0.39 is 5.92 Å². The molecule has 0 radical (unpaired) electrons. The van der Waals surface area contributed by atoms with Crippen molar-refractivity contribution in [2.45, 2.75) is 33.1 Å². The second kappa shape index (κ2) is 10.5. The average Bonchev–Trinajstić information content (AvgIpc) is 2.61. The Labute approximate surface area is 162 Å². The molecule has 0 amide bonds. The van der Waals surface area contributed by atoms with Crippen molar-refractivity contribution in [2.75, 3.05) is 7.05 Å². The van der Waals surface area contributed by atoms with Crippen LogP contribution in [-0.4, -0.2) is 17.9 Å². The first-order valence-electron chi connectivity index (χ1n) is 8.86. The van der Waals surface area contributed by atoms with Crippen LogP contribution < -0.4 is 0 Å². The van der Waals surface area contributed by atoms with Crippen LogP contribution in [0.15, 0.2) is 91.2 Å². The lowest BCUT2D eigenvalue weighted by Gasteiger charge is -2.18. The van der Waals surface area contributed by atoms with Crippen molar-refractivity contribution in [3.8, 4) is 0 Å². The predicted molar refractivity (Wildman–Crippen MR) is 114 cm³/mol. The van der Waals surface area contributed by atoms with Crippen molar-refractivity contribution < 1.29 is 8.78 Å². The van der Waals surface area contributed by atoms with E-state index in [0.717, 1.165) is 29.3 Å². The van der Waals surface area contributed by atoms with Crippen molar-refractivity contribution >= 4 is 5.70 Å². The van der Waals surface area contributed by atoms with Gasteiger partial charge in [-0.25, -0.2) is 8.78 Å². The fraction of sp³-hybridized carbons (Fsp3) is 0.250. The first-order valence-corrected chi connectivity index (χ1v) is 8.86. The third kappa shape index (κ3) is 9.00. The lowest BCUT2D eigenvalue weighted by Crippen LogP contribution is -2.13. The Hall–Kier alpha value is -2.68. The van der Waals surface area contributed by atoms with E-state index in [1.54, 1.807) is 12.1 Å². The lowest BCUT2D eigenvalue weighted by molar-refractivity contribution is 0.0226. The Morgan fingerprint density at radius 2 is 1.74 bits per heavy atom. The summed E-state index contributed by atoms with van der Waals surface area (Å²) in [5, 5.41) is 0. The highest BCUT2D eigenvalue weighted by Gasteiger charge is 2.21. The number of hydrogen-bond donors (Lipinski definition) is 0. The molecule has 0 saturated heterocycles. The summed E-state index contributed by atoms with van der Waals surface area (Å²) in [5.74, 6) is -2.70. The van der Waals surface area contributed by atoms with E-state index in [1.165, 1.54) is 0 Å². The zero-order valence-corrected chi connectivity index (χ0v) is 16.7. The minimum atomic E-state index is -2.70. The molecule has 27 heavy (non-hydrogen) atoms. The molecule has 1 aromatic rings. The molecule has 0 saturated carbocycles. The van der Waals surface area contributed by atoms with Crippen LogP contribution >= 0.6 is 0 Å². The molecule has 0 unspecified atom stereocenters. The first-order chi connectivity index (χ1) is 12.6. The summed E-state index contributed by atoms with van der Waals surface area (Å²) in [6.07, 6.45) is 13.5. The van der Waals surface area contributed by atoms with Crippen LogP contribution in [0.3, 0.4) is 0 Å². The van der Waals surface area contributed by atoms with Crippen LogP contribution in [0.1, 0.15) is 31.9 Å². The highest BCUT2D eigenvalue weighted by atomic mass is 19.3. The molecule has 1 rings (SSSR count). The third-order valence-electron chi connectivity index (χ3n) is 3.85. The van der Waals surface area contributed by atoms with Crippen molar-refractivity contribution in [3.05, 3.63) is 102 Å². The van der Waals surface area contributed by atoms with E-state index in [9.17, 15) is 8.78 Å². The maximum absolute atomic E-state index is 13.1. The fourth-order valence-electron chi connectivity index (χ4n) is 2.27. The molecule has 0 N–H and O–H groups in total. The van der Waals surface area contributed by atoms with E-state index in [1.807, 2.05) is 80.6 Å². The van der Waals surface area contributed by atoms with Crippen LogP contribution in [0.5, 0.6) is 0 Å². The Balaban J connectivity index is 2.69. The number of halogens is 2. The summed E-state index contributed by atoms with van der Waals surface area (Å²) in [5.41, 5.74) is 4.28. The van der Waals surface area contributed by atoms with Gasteiger partial charge in [0.1, 0.15) is 0 Å². The summed E-state index contributed by atoms with van der Waals surface area (Å²) >= 11 is 0. The molecular formula is C24H29F2N. The largest absolute Gasteiger partial charge is 0.351 e. The summed E-state index contributed by atoms with van der Waals surface area (Å²) in [6.45, 7) is 13.0. The molecule has 3 heteroatoms. The molecule has 0 heterocycles. The third-order valence-corrected chi connectivity index (χ3v) is 3.85. The van der Waals surface area contributed by atoms with Gasteiger partial charge >= 0.3 is 0 Å². The maximum Gasteiger partial charge on any atom is 0.249 e. The number of nitrogens with zero attached hydrogens (tertiary/aromatic N) is 1. The van der Waals surface area contributed by atoms with Gasteiger partial charge in [0.25, 0.3) is 0 Å². The molecule has 0 bridgehead atoms. The quantitative estimate of drug-likeness (QED) is 0.426. The molecule has 1 nitrogen and oxygen atoms in total. The van der Waals surface area contributed by atoms with Crippen LogP contribution in [-0.2, 0) is 6.42 Å². The maximum atomic E-state index is 13.1. The molecule has 0 aromatic heterocycles. The minimum absolute atomic E-state index is 0.260. The predicted octanol–water partition coefficient (Wildman–Crippen LogP) is 6.94. The van der Waals surface area contributed by atoms with Gasteiger partial charge < -0.3 is 4.90 Å². The Bertz CT molecular complexity index is 757. The van der Waals surface area contributed by atoms with E-state index in [-0.39, 0.29) is 6.42 Å². The Morgan fingerprint density at radius 1 is 1.11 bits per heavy atom. The number of rotatable bonds is 9. The number of allylic oxidation sites excluding steroid dienone is 8. The zero-order valence-electron chi connectivity index (χ0n) is 16.7. The van der Waals surface area contributed by atoms with Gasteiger partial charge in [-0.15, -0.1) is 0 Å². The van der Waals surface area contributed by atoms with Crippen LogP contribution in [0.25, 0.3) is 5.70 Å². The van der Waals surface area contributed by atoms with Crippen molar-refractivity contribution in [3.63, 3.8) is 0 Å². The van der Waals surface area contributed by atoms with Crippen molar-refractivity contribution in [1.82, 2.24) is 4.90 Å². The molecule has 0 atom stereocenters. The van der Waals surface area contributed by atoms with Crippen LogP contribution in [0.2, 0.25) is 0 Å². The molecular weight excluding hydrogens is 340 g/mol. The molecule has 0 spiro atoms. The summed E-state index contributed by atoms with van der Waals surface area (Å²) in [6, 6.07) is 7.07. The second-order valence-electron chi connectivity index (χ2n) is 6.66. The highest BCUT2D eigenvalue weighted by Crippen LogP contribution is 2.22. The molecule has 0 aliphatic rings. The van der Waals surface area contributed by atoms with Gasteiger partial charge in [0.15, 0.2) is 0 Å². The number of hydrogen-bond acceptors (Lipinski definition) is 1. The van der Waals surface area contributed by atoms with Gasteiger partial charge in [-0.1, -0.05) is 73.4 Å². The summed E-state index contributed by atoms with van der Waals surface area (Å²) in [4.78, 5) is 1.88. The minimum Gasteiger partial charge on any atom is -0.351 e. The normalized spacial score (nSPS) is 13.0. The fourth-order valence-corrected chi connectivity index (χ4v) is 2.27. The number of alkyl halides is 2. The van der Waals surface area contributed by atoms with E-state index in [2.05, 4.69) is 13.2 Å². The molecule has 0 aliphatic heterocycles. The Morgan fingerprint density at radius 3 is 2.30 bits per heavy atom. The monoisotopic (exact) mass is 369 g/mol. The van der Waals surface area contributed by atoms with Gasteiger partial charge in [0.2, 0.25) is 5.92 Å². The SMILES string of the molecule is C=C(/C=C\N(C)C(=C)c1ccc(CC(C)(F)F)cc1)/C=C/C(C)=C/C=C\C. The molecule has 0 fully saturated rings. The lowest BCUT2D eigenvalue weighted by atomic mass is 10.0. The van der Waals surface area contributed by atoms with Crippen molar-refractivity contribution in [2.24, 2.45) is 0 Å². The van der Waals surface area contributed by atoms with E-state index >= 15 is 0 Å². The zero-order chi connectivity index (χ0) is 20.4. The van der Waals surface area contributed by atoms with Gasteiger partial charge in [-0.2, -0.15) is 0 Å². The standard InChI is InChI=1S/C24H29F2N/c1-7-8-9-19(2)10-11-20(3)16-17-27(6)21(4)23-14-12-22(13-15-23)18-24(5,25)26/h7-17H,3-4,18H2,1-2,5-6H3/b8-7-,11-10+,17-16-,19-9+. The molecule has 0 aliphatic carbocycles. The van der Waals surface area contributed by atoms with Crippen molar-refractivity contribution in [1.29, 1.82) is 0 Å². The summed E-state index contributed by atoms with van der Waals surface area (Å²) < 4.78 is 26.2. The highest BCUT2D eigenvalue weighted by molar-refractivity contribution is 5.62. The summed E-state index contributed by atoms with van der Waals surface area (Å²) in [7, 11) is 1.89. The van der Waals surface area contributed by atoms with Gasteiger partial charge in [0, 0.05) is 25.4 Å². The van der Waals surface area contributed by atoms with Gasteiger partial charge in [-0.05, 0) is 43.5 Å². The van der Waals surface area contributed by atoms with Gasteiger partial charge in [0.05, 0.1) is 0 Å². The topological polar surface area (TPSA) is 3.24 Å². The van der Waals surface area contributed by atoms with Crippen LogP contribution in [0, 0.1) is 0 Å². The Kier molecular flexibility index (Phi) is 8.67. The van der Waals surface area contributed by atoms with Gasteiger partial charge in [-0.3, -0.25) is 0 Å². The van der Waals surface area contributed by atoms with E-state index in [0.29, 0.717) is 5.56 Å².